The molecule has 166 valence electrons. The number of hydrogen-bond acceptors (Lipinski definition) is 1. The van der Waals surface area contributed by atoms with Gasteiger partial charge in [-0.1, -0.05) is 87.2 Å². The molecule has 0 saturated heterocycles. The lowest BCUT2D eigenvalue weighted by molar-refractivity contribution is 0.312. The van der Waals surface area contributed by atoms with Gasteiger partial charge in [-0.25, -0.2) is 0 Å². The molecular formula is C31H37N. The van der Waals surface area contributed by atoms with Crippen LogP contribution in [0.5, 0.6) is 0 Å². The number of benzene rings is 2. The van der Waals surface area contributed by atoms with Crippen LogP contribution in [0.3, 0.4) is 0 Å². The van der Waals surface area contributed by atoms with Gasteiger partial charge in [-0.15, -0.1) is 6.58 Å². The lowest BCUT2D eigenvalue weighted by Gasteiger charge is -2.37. The average Bonchev–Trinajstić information content (AvgIpc) is 3.22. The summed E-state index contributed by atoms with van der Waals surface area (Å²) in [6.45, 7) is 6.43. The molecule has 32 heavy (non-hydrogen) atoms. The molecule has 2 aromatic rings. The lowest BCUT2D eigenvalue weighted by atomic mass is 9.80. The first-order chi connectivity index (χ1) is 15.7. The number of rotatable bonds is 7. The van der Waals surface area contributed by atoms with Gasteiger partial charge in [-0.05, 0) is 77.5 Å². The van der Waals surface area contributed by atoms with E-state index in [2.05, 4.69) is 79.5 Å². The summed E-state index contributed by atoms with van der Waals surface area (Å²) in [5.41, 5.74) is 9.80. The monoisotopic (exact) mass is 423 g/mol. The standard InChI is InChI=1S/C31H37N/c1-3-9-30(32-31(4-2)18-6-5-7-19-31)29-21-27-17-16-26(20-28(27)22-29)25-14-12-24(13-15-25)23-10-8-11-23/h4,9,12-17,20-21,23,32H,2-3,5-8,10-11,18-19,22H2,1H3/b30-9+. The smallest absolute Gasteiger partial charge is 0.0553 e. The number of nitrogens with one attached hydrogen (secondary N) is 1. The highest BCUT2D eigenvalue weighted by Gasteiger charge is 2.30. The van der Waals surface area contributed by atoms with E-state index in [4.69, 9.17) is 0 Å². The maximum absolute atomic E-state index is 4.20. The van der Waals surface area contributed by atoms with Crippen molar-refractivity contribution >= 4 is 6.08 Å². The van der Waals surface area contributed by atoms with Crippen LogP contribution >= 0.6 is 0 Å². The van der Waals surface area contributed by atoms with Crippen molar-refractivity contribution in [1.29, 1.82) is 0 Å². The first kappa shape index (κ1) is 21.3. The van der Waals surface area contributed by atoms with Crippen LogP contribution in [-0.4, -0.2) is 5.54 Å². The van der Waals surface area contributed by atoms with Crippen LogP contribution in [0.4, 0.5) is 0 Å². The minimum atomic E-state index is 0.0577. The highest BCUT2D eigenvalue weighted by molar-refractivity contribution is 5.74. The zero-order chi connectivity index (χ0) is 22.0. The van der Waals surface area contributed by atoms with E-state index in [1.807, 2.05) is 0 Å². The predicted octanol–water partition coefficient (Wildman–Crippen LogP) is 8.33. The molecule has 0 spiro atoms. The summed E-state index contributed by atoms with van der Waals surface area (Å²) in [4.78, 5) is 0. The second-order valence-electron chi connectivity index (χ2n) is 10.1. The number of allylic oxidation sites excluding steroid dienone is 2. The van der Waals surface area contributed by atoms with E-state index >= 15 is 0 Å². The summed E-state index contributed by atoms with van der Waals surface area (Å²) in [5.74, 6) is 0.801. The molecule has 0 aliphatic heterocycles. The van der Waals surface area contributed by atoms with Crippen LogP contribution in [0.2, 0.25) is 0 Å². The Morgan fingerprint density at radius 2 is 1.75 bits per heavy atom. The van der Waals surface area contributed by atoms with Crippen molar-refractivity contribution in [3.05, 3.63) is 89.2 Å². The summed E-state index contributed by atoms with van der Waals surface area (Å²) in [6.07, 6.45) is 19.4. The average molecular weight is 424 g/mol. The third-order valence-corrected chi connectivity index (χ3v) is 7.95. The van der Waals surface area contributed by atoms with E-state index in [1.54, 1.807) is 0 Å². The van der Waals surface area contributed by atoms with E-state index in [0.29, 0.717) is 0 Å². The summed E-state index contributed by atoms with van der Waals surface area (Å²) < 4.78 is 0. The van der Waals surface area contributed by atoms with E-state index in [1.165, 1.54) is 90.5 Å². The van der Waals surface area contributed by atoms with E-state index in [-0.39, 0.29) is 5.54 Å². The summed E-state index contributed by atoms with van der Waals surface area (Å²) in [7, 11) is 0. The summed E-state index contributed by atoms with van der Waals surface area (Å²) in [5, 5.41) is 3.95. The minimum absolute atomic E-state index is 0.0577. The van der Waals surface area contributed by atoms with Gasteiger partial charge in [0.15, 0.2) is 0 Å². The van der Waals surface area contributed by atoms with Crippen LogP contribution in [0.1, 0.15) is 87.3 Å². The Hall–Kier alpha value is -2.54. The van der Waals surface area contributed by atoms with Gasteiger partial charge in [0.05, 0.1) is 5.54 Å². The van der Waals surface area contributed by atoms with E-state index in [9.17, 15) is 0 Å². The molecule has 2 saturated carbocycles. The van der Waals surface area contributed by atoms with Crippen molar-refractivity contribution in [3.63, 3.8) is 0 Å². The Labute approximate surface area is 194 Å². The molecule has 0 unspecified atom stereocenters. The molecule has 0 atom stereocenters. The number of hydrogen-bond donors (Lipinski definition) is 1. The fraction of sp³-hybridized carbons (Fsp3) is 0.419. The quantitative estimate of drug-likeness (QED) is 0.441. The van der Waals surface area contributed by atoms with Crippen molar-refractivity contribution in [2.75, 3.05) is 0 Å². The van der Waals surface area contributed by atoms with Crippen LogP contribution in [0.25, 0.3) is 17.2 Å². The second-order valence-corrected chi connectivity index (χ2v) is 10.1. The fourth-order valence-electron chi connectivity index (χ4n) is 5.68. The van der Waals surface area contributed by atoms with Gasteiger partial charge in [0.25, 0.3) is 0 Å². The van der Waals surface area contributed by atoms with Gasteiger partial charge in [0, 0.05) is 12.1 Å². The largest absolute Gasteiger partial charge is 0.376 e. The highest BCUT2D eigenvalue weighted by Crippen LogP contribution is 2.38. The molecule has 3 aliphatic carbocycles. The molecule has 3 aliphatic rings. The van der Waals surface area contributed by atoms with Crippen molar-refractivity contribution in [2.24, 2.45) is 0 Å². The molecule has 0 radical (unpaired) electrons. The van der Waals surface area contributed by atoms with Gasteiger partial charge < -0.3 is 5.32 Å². The predicted molar refractivity (Wildman–Crippen MR) is 138 cm³/mol. The van der Waals surface area contributed by atoms with Gasteiger partial charge in [-0.2, -0.15) is 0 Å². The van der Waals surface area contributed by atoms with E-state index < -0.39 is 0 Å². The maximum atomic E-state index is 4.20. The molecule has 1 nitrogen and oxygen atoms in total. The molecule has 1 N–H and O–H groups in total. The summed E-state index contributed by atoms with van der Waals surface area (Å²) in [6, 6.07) is 16.3. The molecule has 1 heteroatoms. The first-order valence-corrected chi connectivity index (χ1v) is 12.8. The lowest BCUT2D eigenvalue weighted by Crippen LogP contribution is -2.44. The number of fused-ring (bicyclic) bond motifs is 1. The van der Waals surface area contributed by atoms with Gasteiger partial charge in [0.2, 0.25) is 0 Å². The maximum Gasteiger partial charge on any atom is 0.0553 e. The van der Waals surface area contributed by atoms with E-state index in [0.717, 1.165) is 18.8 Å². The van der Waals surface area contributed by atoms with Crippen molar-refractivity contribution in [1.82, 2.24) is 5.32 Å². The Kier molecular flexibility index (Phi) is 6.09. The Bertz CT molecular complexity index is 1030. The van der Waals surface area contributed by atoms with Crippen LogP contribution in [0.15, 0.2) is 72.5 Å². The van der Waals surface area contributed by atoms with Crippen molar-refractivity contribution in [3.8, 4) is 11.1 Å². The molecule has 0 heterocycles. The Balaban J connectivity index is 1.34. The highest BCUT2D eigenvalue weighted by atomic mass is 15.0. The van der Waals surface area contributed by atoms with Crippen molar-refractivity contribution in [2.45, 2.75) is 82.6 Å². The Morgan fingerprint density at radius 3 is 2.41 bits per heavy atom. The molecule has 5 rings (SSSR count). The Morgan fingerprint density at radius 1 is 1.00 bits per heavy atom. The third-order valence-electron chi connectivity index (χ3n) is 7.95. The van der Waals surface area contributed by atoms with Gasteiger partial charge >= 0.3 is 0 Å². The zero-order valence-corrected chi connectivity index (χ0v) is 19.6. The first-order valence-electron chi connectivity index (χ1n) is 12.8. The van der Waals surface area contributed by atoms with Crippen LogP contribution in [-0.2, 0) is 6.42 Å². The topological polar surface area (TPSA) is 12.0 Å². The summed E-state index contributed by atoms with van der Waals surface area (Å²) >= 11 is 0. The molecule has 0 aromatic heterocycles. The second kappa shape index (κ2) is 9.14. The van der Waals surface area contributed by atoms with Gasteiger partial charge in [-0.3, -0.25) is 0 Å². The molecule has 2 fully saturated rings. The molecule has 0 bridgehead atoms. The zero-order valence-electron chi connectivity index (χ0n) is 19.6. The fourth-order valence-corrected chi connectivity index (χ4v) is 5.68. The van der Waals surface area contributed by atoms with Crippen LogP contribution < -0.4 is 5.32 Å². The molecule has 0 amide bonds. The van der Waals surface area contributed by atoms with Crippen molar-refractivity contribution < 1.29 is 0 Å². The van der Waals surface area contributed by atoms with Crippen LogP contribution in [0, 0.1) is 0 Å². The van der Waals surface area contributed by atoms with Gasteiger partial charge in [0.1, 0.15) is 0 Å². The normalized spacial score (nSPS) is 20.3. The molecular weight excluding hydrogens is 386 g/mol. The minimum Gasteiger partial charge on any atom is -0.376 e. The SMILES string of the molecule is C=CC1(N/C(=C/CC)C2=Cc3ccc(-c4ccc(C5CCC5)cc4)cc3C2)CCCCC1. The third kappa shape index (κ3) is 4.22. The molecule has 2 aromatic carbocycles.